The lowest BCUT2D eigenvalue weighted by molar-refractivity contribution is 0.428. The number of rotatable bonds is 2. The lowest BCUT2D eigenvalue weighted by Crippen LogP contribution is -2.38. The van der Waals surface area contributed by atoms with Crippen LogP contribution < -0.4 is 5.73 Å². The molecule has 0 bridgehead atoms. The maximum absolute atomic E-state index is 6.05. The molecule has 0 saturated carbocycles. The standard InChI is InChI=1S/C13H22N4.HI/c1-16-8-6-7-12(16)11-15-13(14)17-9-4-2-3-5-10-17;/h6-8H,2-5,9-11H2,1H3,(H2,14,15);1H. The van der Waals surface area contributed by atoms with Crippen molar-refractivity contribution in [3.05, 3.63) is 24.0 Å². The van der Waals surface area contributed by atoms with Crippen LogP contribution >= 0.6 is 24.0 Å². The Kier molecular flexibility index (Phi) is 6.52. The Hall–Kier alpha value is -0.720. The quantitative estimate of drug-likeness (QED) is 0.499. The van der Waals surface area contributed by atoms with Crippen molar-refractivity contribution < 1.29 is 0 Å². The van der Waals surface area contributed by atoms with E-state index in [0.717, 1.165) is 13.1 Å². The minimum absolute atomic E-state index is 0. The number of halogens is 1. The molecule has 1 aromatic rings. The molecule has 1 fully saturated rings. The fourth-order valence-corrected chi connectivity index (χ4v) is 2.22. The monoisotopic (exact) mass is 362 g/mol. The zero-order chi connectivity index (χ0) is 12.1. The Morgan fingerprint density at radius 3 is 2.50 bits per heavy atom. The summed E-state index contributed by atoms with van der Waals surface area (Å²) in [6, 6.07) is 4.12. The first-order valence-corrected chi connectivity index (χ1v) is 6.42. The number of aromatic nitrogens is 1. The van der Waals surface area contributed by atoms with Gasteiger partial charge in [-0.2, -0.15) is 0 Å². The minimum atomic E-state index is 0. The van der Waals surface area contributed by atoms with Crippen molar-refractivity contribution in [2.75, 3.05) is 13.1 Å². The maximum atomic E-state index is 6.05. The van der Waals surface area contributed by atoms with Gasteiger partial charge in [0.05, 0.1) is 6.54 Å². The van der Waals surface area contributed by atoms with Crippen molar-refractivity contribution in [1.29, 1.82) is 0 Å². The zero-order valence-corrected chi connectivity index (χ0v) is 13.3. The van der Waals surface area contributed by atoms with Crippen molar-refractivity contribution in [1.82, 2.24) is 9.47 Å². The number of nitrogens with two attached hydrogens (primary N) is 1. The molecule has 0 radical (unpaired) electrons. The lowest BCUT2D eigenvalue weighted by Gasteiger charge is -2.21. The number of aliphatic imine (C=N–C) groups is 1. The van der Waals surface area contributed by atoms with E-state index < -0.39 is 0 Å². The van der Waals surface area contributed by atoms with Crippen molar-refractivity contribution >= 4 is 29.9 Å². The molecule has 0 aromatic carbocycles. The van der Waals surface area contributed by atoms with Gasteiger partial charge >= 0.3 is 0 Å². The third-order valence-electron chi connectivity index (χ3n) is 3.38. The summed E-state index contributed by atoms with van der Waals surface area (Å²) in [4.78, 5) is 6.71. The van der Waals surface area contributed by atoms with Crippen LogP contribution in [0.4, 0.5) is 0 Å². The van der Waals surface area contributed by atoms with Gasteiger partial charge in [0, 0.05) is 32.0 Å². The molecule has 2 N–H and O–H groups in total. The molecule has 18 heavy (non-hydrogen) atoms. The van der Waals surface area contributed by atoms with E-state index in [0.29, 0.717) is 12.5 Å². The lowest BCUT2D eigenvalue weighted by atomic mass is 10.2. The van der Waals surface area contributed by atoms with Gasteiger partial charge in [-0.05, 0) is 25.0 Å². The zero-order valence-electron chi connectivity index (χ0n) is 11.0. The molecule has 102 valence electrons. The Balaban J connectivity index is 0.00000162. The van der Waals surface area contributed by atoms with Crippen molar-refractivity contribution in [3.8, 4) is 0 Å². The molecule has 2 heterocycles. The Labute approximate surface area is 126 Å². The van der Waals surface area contributed by atoms with Gasteiger partial charge in [0.15, 0.2) is 5.96 Å². The van der Waals surface area contributed by atoms with Crippen LogP contribution in [0.15, 0.2) is 23.3 Å². The second-order valence-corrected chi connectivity index (χ2v) is 4.69. The topological polar surface area (TPSA) is 46.6 Å². The average Bonchev–Trinajstić information content (AvgIpc) is 2.58. The van der Waals surface area contributed by atoms with E-state index in [1.54, 1.807) is 0 Å². The highest BCUT2D eigenvalue weighted by atomic mass is 127. The first-order valence-electron chi connectivity index (χ1n) is 6.42. The summed E-state index contributed by atoms with van der Waals surface area (Å²) in [5, 5.41) is 0. The van der Waals surface area contributed by atoms with Gasteiger partial charge < -0.3 is 15.2 Å². The predicted molar refractivity (Wildman–Crippen MR) is 86.2 cm³/mol. The van der Waals surface area contributed by atoms with E-state index in [1.807, 2.05) is 19.3 Å². The largest absolute Gasteiger partial charge is 0.370 e. The van der Waals surface area contributed by atoms with E-state index in [9.17, 15) is 0 Å². The van der Waals surface area contributed by atoms with Crippen LogP contribution in [0.5, 0.6) is 0 Å². The summed E-state index contributed by atoms with van der Waals surface area (Å²) >= 11 is 0. The molecule has 0 unspecified atom stereocenters. The molecule has 0 amide bonds. The molecule has 1 aromatic heterocycles. The van der Waals surface area contributed by atoms with Crippen molar-refractivity contribution in [2.45, 2.75) is 32.2 Å². The molecule has 1 saturated heterocycles. The first kappa shape index (κ1) is 15.3. The van der Waals surface area contributed by atoms with Gasteiger partial charge in [-0.3, -0.25) is 0 Å². The van der Waals surface area contributed by atoms with Crippen LogP contribution in [-0.2, 0) is 13.6 Å². The average molecular weight is 362 g/mol. The van der Waals surface area contributed by atoms with Crippen LogP contribution in [0.3, 0.4) is 0 Å². The number of likely N-dealkylation sites (tertiary alicyclic amines) is 1. The molecular weight excluding hydrogens is 339 g/mol. The van der Waals surface area contributed by atoms with Crippen LogP contribution in [0.25, 0.3) is 0 Å². The minimum Gasteiger partial charge on any atom is -0.370 e. The normalized spacial score (nSPS) is 17.2. The second-order valence-electron chi connectivity index (χ2n) is 4.69. The number of hydrogen-bond donors (Lipinski definition) is 1. The SMILES string of the molecule is Cn1cccc1CN=C(N)N1CCCCCC1.I. The van der Waals surface area contributed by atoms with Gasteiger partial charge in [0.1, 0.15) is 0 Å². The van der Waals surface area contributed by atoms with Crippen molar-refractivity contribution in [3.63, 3.8) is 0 Å². The fourth-order valence-electron chi connectivity index (χ4n) is 2.22. The molecule has 5 heteroatoms. The van der Waals surface area contributed by atoms with Gasteiger partial charge in [-0.15, -0.1) is 24.0 Å². The fraction of sp³-hybridized carbons (Fsp3) is 0.615. The van der Waals surface area contributed by atoms with E-state index in [-0.39, 0.29) is 24.0 Å². The summed E-state index contributed by atoms with van der Waals surface area (Å²) in [7, 11) is 2.03. The highest BCUT2D eigenvalue weighted by Gasteiger charge is 2.10. The van der Waals surface area contributed by atoms with E-state index in [2.05, 4.69) is 20.5 Å². The number of guanidine groups is 1. The summed E-state index contributed by atoms with van der Waals surface area (Å²) in [6.07, 6.45) is 7.15. The number of aryl methyl sites for hydroxylation is 1. The van der Waals surface area contributed by atoms with Gasteiger partial charge in [0.25, 0.3) is 0 Å². The molecule has 4 nitrogen and oxygen atoms in total. The predicted octanol–water partition coefficient (Wildman–Crippen LogP) is 2.33. The molecule has 0 atom stereocenters. The summed E-state index contributed by atoms with van der Waals surface area (Å²) in [6.45, 7) is 2.79. The highest BCUT2D eigenvalue weighted by molar-refractivity contribution is 14.0. The van der Waals surface area contributed by atoms with Gasteiger partial charge in [0.2, 0.25) is 0 Å². The Morgan fingerprint density at radius 2 is 1.94 bits per heavy atom. The summed E-state index contributed by atoms with van der Waals surface area (Å²) < 4.78 is 2.08. The molecular formula is C13H23IN4. The Bertz CT molecular complexity index is 378. The molecule has 1 aliphatic heterocycles. The Morgan fingerprint density at radius 1 is 1.28 bits per heavy atom. The third-order valence-corrected chi connectivity index (χ3v) is 3.38. The maximum Gasteiger partial charge on any atom is 0.191 e. The molecule has 0 aliphatic carbocycles. The summed E-state index contributed by atoms with van der Waals surface area (Å²) in [5.41, 5.74) is 7.25. The van der Waals surface area contributed by atoms with E-state index in [4.69, 9.17) is 5.73 Å². The number of hydrogen-bond acceptors (Lipinski definition) is 1. The van der Waals surface area contributed by atoms with Crippen molar-refractivity contribution in [2.24, 2.45) is 17.8 Å². The molecule has 0 spiro atoms. The van der Waals surface area contributed by atoms with E-state index in [1.165, 1.54) is 31.4 Å². The number of nitrogens with zero attached hydrogens (tertiary/aromatic N) is 3. The van der Waals surface area contributed by atoms with Crippen LogP contribution in [0.2, 0.25) is 0 Å². The second kappa shape index (κ2) is 7.66. The molecule has 2 rings (SSSR count). The van der Waals surface area contributed by atoms with Crippen LogP contribution in [-0.4, -0.2) is 28.5 Å². The van der Waals surface area contributed by atoms with Gasteiger partial charge in [-0.1, -0.05) is 12.8 Å². The van der Waals surface area contributed by atoms with Crippen LogP contribution in [0.1, 0.15) is 31.4 Å². The van der Waals surface area contributed by atoms with Gasteiger partial charge in [-0.25, -0.2) is 4.99 Å². The third kappa shape index (κ3) is 4.19. The van der Waals surface area contributed by atoms with Crippen LogP contribution in [0, 0.1) is 0 Å². The van der Waals surface area contributed by atoms with E-state index >= 15 is 0 Å². The molecule has 1 aliphatic rings. The summed E-state index contributed by atoms with van der Waals surface area (Å²) in [5.74, 6) is 0.702. The smallest absolute Gasteiger partial charge is 0.191 e. The highest BCUT2D eigenvalue weighted by Crippen LogP contribution is 2.09. The first-order chi connectivity index (χ1) is 8.27.